The first-order chi connectivity index (χ1) is 9.84. The monoisotopic (exact) mass is 289 g/mol. The average molecular weight is 289 g/mol. The summed E-state index contributed by atoms with van der Waals surface area (Å²) in [4.78, 5) is 0. The summed E-state index contributed by atoms with van der Waals surface area (Å²) in [6.07, 6.45) is 3.64. The third-order valence-electron chi connectivity index (χ3n) is 3.51. The first-order valence-electron chi connectivity index (χ1n) is 7.13. The largest absolute Gasteiger partial charge is 0.381 e. The van der Waals surface area contributed by atoms with Crippen molar-refractivity contribution in [3.63, 3.8) is 0 Å². The van der Waals surface area contributed by atoms with E-state index in [1.807, 2.05) is 34.9 Å². The van der Waals surface area contributed by atoms with E-state index < -0.39 is 0 Å². The molecule has 106 valence electrons. The molecule has 5 heteroatoms. The Labute approximate surface area is 123 Å². The van der Waals surface area contributed by atoms with Crippen molar-refractivity contribution in [2.45, 2.75) is 25.8 Å². The van der Waals surface area contributed by atoms with Crippen LogP contribution >= 0.6 is 12.2 Å². The van der Waals surface area contributed by atoms with Crippen LogP contribution in [0.15, 0.2) is 30.3 Å². The van der Waals surface area contributed by atoms with Crippen LogP contribution in [-0.2, 0) is 11.3 Å². The van der Waals surface area contributed by atoms with Crippen molar-refractivity contribution in [2.75, 3.05) is 13.2 Å². The normalized spacial score (nSPS) is 14.6. The number of ether oxygens (including phenoxy) is 1. The van der Waals surface area contributed by atoms with Crippen LogP contribution in [0, 0.1) is 10.7 Å². The molecule has 1 heterocycles. The van der Waals surface area contributed by atoms with Crippen molar-refractivity contribution in [2.24, 2.45) is 5.92 Å². The number of hydrogen-bond donors (Lipinski definition) is 1. The molecular weight excluding hydrogens is 270 g/mol. The zero-order chi connectivity index (χ0) is 13.8. The van der Waals surface area contributed by atoms with Crippen LogP contribution in [-0.4, -0.2) is 28.0 Å². The number of nitrogens with zero attached hydrogens (tertiary/aromatic N) is 2. The maximum Gasteiger partial charge on any atom is 0.195 e. The highest BCUT2D eigenvalue weighted by Crippen LogP contribution is 2.28. The van der Waals surface area contributed by atoms with Gasteiger partial charge in [0.1, 0.15) is 0 Å². The second-order valence-corrected chi connectivity index (χ2v) is 5.63. The molecule has 0 atom stereocenters. The van der Waals surface area contributed by atoms with Gasteiger partial charge in [0.05, 0.1) is 0 Å². The van der Waals surface area contributed by atoms with E-state index in [1.165, 1.54) is 12.8 Å². The van der Waals surface area contributed by atoms with Crippen LogP contribution in [0.2, 0.25) is 0 Å². The van der Waals surface area contributed by atoms with E-state index in [1.54, 1.807) is 0 Å². The van der Waals surface area contributed by atoms with E-state index in [-0.39, 0.29) is 0 Å². The summed E-state index contributed by atoms with van der Waals surface area (Å²) in [5.41, 5.74) is 1.08. The van der Waals surface area contributed by atoms with Gasteiger partial charge in [0, 0.05) is 25.3 Å². The maximum absolute atomic E-state index is 5.66. The molecule has 2 aromatic rings. The molecule has 1 aromatic heterocycles. The van der Waals surface area contributed by atoms with Gasteiger partial charge in [-0.1, -0.05) is 30.3 Å². The molecule has 0 aliphatic heterocycles. The number of aromatic nitrogens is 3. The van der Waals surface area contributed by atoms with Gasteiger partial charge in [0.2, 0.25) is 0 Å². The quantitative estimate of drug-likeness (QED) is 0.627. The Balaban J connectivity index is 1.60. The lowest BCUT2D eigenvalue weighted by molar-refractivity contribution is 0.119. The molecule has 0 bridgehead atoms. The minimum absolute atomic E-state index is 0.672. The van der Waals surface area contributed by atoms with Gasteiger partial charge >= 0.3 is 0 Å². The number of hydrogen-bond acceptors (Lipinski definition) is 3. The summed E-state index contributed by atoms with van der Waals surface area (Å²) < 4.78 is 8.38. The van der Waals surface area contributed by atoms with Crippen molar-refractivity contribution in [1.82, 2.24) is 14.8 Å². The molecule has 1 aromatic carbocycles. The highest BCUT2D eigenvalue weighted by Gasteiger charge is 2.20. The van der Waals surface area contributed by atoms with Gasteiger partial charge in [-0.2, -0.15) is 5.10 Å². The summed E-state index contributed by atoms with van der Waals surface area (Å²) in [6, 6.07) is 10.1. The lowest BCUT2D eigenvalue weighted by atomic mass is 10.2. The number of benzene rings is 1. The maximum atomic E-state index is 5.66. The molecule has 20 heavy (non-hydrogen) atoms. The third-order valence-corrected chi connectivity index (χ3v) is 3.82. The molecule has 1 saturated carbocycles. The van der Waals surface area contributed by atoms with Crippen LogP contribution in [0.1, 0.15) is 19.3 Å². The number of rotatable bonds is 7. The zero-order valence-electron chi connectivity index (χ0n) is 11.4. The van der Waals surface area contributed by atoms with Crippen LogP contribution in [0.25, 0.3) is 11.4 Å². The molecule has 0 saturated heterocycles. The van der Waals surface area contributed by atoms with Crippen molar-refractivity contribution in [3.05, 3.63) is 35.1 Å². The summed E-state index contributed by atoms with van der Waals surface area (Å²) in [5.74, 6) is 1.73. The van der Waals surface area contributed by atoms with Gasteiger partial charge in [-0.05, 0) is 37.4 Å². The molecule has 0 amide bonds. The first-order valence-corrected chi connectivity index (χ1v) is 7.54. The van der Waals surface area contributed by atoms with Crippen molar-refractivity contribution in [1.29, 1.82) is 0 Å². The van der Waals surface area contributed by atoms with E-state index in [0.717, 1.165) is 43.5 Å². The SMILES string of the molecule is S=c1[nH]nc(-c2ccccc2)n1CCCOCC1CC1. The first kappa shape index (κ1) is 13.5. The molecule has 0 unspecified atom stereocenters. The molecule has 1 N–H and O–H groups in total. The summed E-state index contributed by atoms with van der Waals surface area (Å²) in [7, 11) is 0. The van der Waals surface area contributed by atoms with E-state index >= 15 is 0 Å². The number of aromatic amines is 1. The molecule has 1 aliphatic carbocycles. The van der Waals surface area contributed by atoms with Gasteiger partial charge < -0.3 is 9.30 Å². The Morgan fingerprint density at radius 1 is 1.30 bits per heavy atom. The summed E-state index contributed by atoms with van der Waals surface area (Å²) in [5, 5.41) is 7.21. The van der Waals surface area contributed by atoms with Crippen LogP contribution < -0.4 is 0 Å². The molecular formula is C15H19N3OS. The van der Waals surface area contributed by atoms with Crippen molar-refractivity contribution in [3.8, 4) is 11.4 Å². The van der Waals surface area contributed by atoms with Crippen LogP contribution in [0.5, 0.6) is 0 Å². The van der Waals surface area contributed by atoms with Gasteiger partial charge in [0.25, 0.3) is 0 Å². The summed E-state index contributed by atoms with van der Waals surface area (Å²) >= 11 is 5.31. The minimum atomic E-state index is 0.672. The molecule has 1 aliphatic rings. The zero-order valence-corrected chi connectivity index (χ0v) is 12.2. The lowest BCUT2D eigenvalue weighted by Crippen LogP contribution is -2.06. The lowest BCUT2D eigenvalue weighted by Gasteiger charge is -2.07. The van der Waals surface area contributed by atoms with Crippen LogP contribution in [0.3, 0.4) is 0 Å². The Morgan fingerprint density at radius 3 is 2.85 bits per heavy atom. The molecule has 3 rings (SSSR count). The van der Waals surface area contributed by atoms with Crippen LogP contribution in [0.4, 0.5) is 0 Å². The average Bonchev–Trinajstić information content (AvgIpc) is 3.23. The smallest absolute Gasteiger partial charge is 0.195 e. The van der Waals surface area contributed by atoms with E-state index in [9.17, 15) is 0 Å². The van der Waals surface area contributed by atoms with E-state index in [2.05, 4.69) is 10.2 Å². The highest BCUT2D eigenvalue weighted by atomic mass is 32.1. The Kier molecular flexibility index (Phi) is 4.28. The third kappa shape index (κ3) is 3.35. The van der Waals surface area contributed by atoms with Gasteiger partial charge in [-0.15, -0.1) is 0 Å². The summed E-state index contributed by atoms with van der Waals surface area (Å²) in [6.45, 7) is 2.55. The van der Waals surface area contributed by atoms with Gasteiger partial charge in [-0.3, -0.25) is 5.10 Å². The Bertz CT molecular complexity index is 601. The molecule has 0 spiro atoms. The molecule has 0 radical (unpaired) electrons. The van der Waals surface area contributed by atoms with Crippen molar-refractivity contribution < 1.29 is 4.74 Å². The molecule has 1 fully saturated rings. The molecule has 4 nitrogen and oxygen atoms in total. The highest BCUT2D eigenvalue weighted by molar-refractivity contribution is 7.71. The second-order valence-electron chi connectivity index (χ2n) is 5.24. The topological polar surface area (TPSA) is 42.8 Å². The number of H-pyrrole nitrogens is 1. The standard InChI is InChI=1S/C15H19N3OS/c20-15-17-16-14(13-5-2-1-3-6-13)18(15)9-4-10-19-11-12-7-8-12/h1-3,5-6,12H,4,7-11H2,(H,17,20). The van der Waals surface area contributed by atoms with E-state index in [0.29, 0.717) is 4.77 Å². The van der Waals surface area contributed by atoms with E-state index in [4.69, 9.17) is 17.0 Å². The Morgan fingerprint density at radius 2 is 2.10 bits per heavy atom. The Hall–Kier alpha value is -1.46. The van der Waals surface area contributed by atoms with Crippen molar-refractivity contribution >= 4 is 12.2 Å². The fraction of sp³-hybridized carbons (Fsp3) is 0.467. The van der Waals surface area contributed by atoms with Gasteiger partial charge in [-0.25, -0.2) is 0 Å². The minimum Gasteiger partial charge on any atom is -0.381 e. The fourth-order valence-electron chi connectivity index (χ4n) is 2.19. The van der Waals surface area contributed by atoms with Gasteiger partial charge in [0.15, 0.2) is 10.6 Å². The predicted octanol–water partition coefficient (Wildman–Crippen LogP) is 3.42. The second kappa shape index (κ2) is 6.33. The number of nitrogens with one attached hydrogen (secondary N) is 1. The predicted molar refractivity (Wildman–Crippen MR) is 81.0 cm³/mol. The fourth-order valence-corrected chi connectivity index (χ4v) is 2.42.